The zero-order valence-electron chi connectivity index (χ0n) is 11.8. The van der Waals surface area contributed by atoms with Gasteiger partial charge in [0.05, 0.1) is 18.4 Å². The van der Waals surface area contributed by atoms with Crippen LogP contribution in [0, 0.1) is 0 Å². The number of thioether (sulfide) groups is 1. The molecule has 2 fully saturated rings. The summed E-state index contributed by atoms with van der Waals surface area (Å²) in [5.41, 5.74) is 0.101. The van der Waals surface area contributed by atoms with Crippen LogP contribution in [0.3, 0.4) is 0 Å². The van der Waals surface area contributed by atoms with Gasteiger partial charge in [-0.2, -0.15) is 11.8 Å². The van der Waals surface area contributed by atoms with Crippen LogP contribution in [0.5, 0.6) is 5.75 Å². The Kier molecular flexibility index (Phi) is 4.35. The first-order chi connectivity index (χ1) is 10.2. The van der Waals surface area contributed by atoms with Gasteiger partial charge in [-0.25, -0.2) is 4.79 Å². The number of hydrogen-bond acceptors (Lipinski definition) is 5. The zero-order chi connectivity index (χ0) is 14.7. The maximum Gasteiger partial charge on any atom is 0.339 e. The molecule has 1 unspecified atom stereocenters. The Morgan fingerprint density at radius 3 is 3.05 bits per heavy atom. The van der Waals surface area contributed by atoms with E-state index < -0.39 is 5.97 Å². The number of ether oxygens (including phenoxy) is 2. The van der Waals surface area contributed by atoms with Crippen molar-refractivity contribution < 1.29 is 19.4 Å². The number of hydrogen-bond donors (Lipinski definition) is 1. The summed E-state index contributed by atoms with van der Waals surface area (Å²) in [4.78, 5) is 15.2. The van der Waals surface area contributed by atoms with Crippen molar-refractivity contribution in [2.45, 2.75) is 37.4 Å². The molecule has 21 heavy (non-hydrogen) atoms. The van der Waals surface area contributed by atoms with Crippen molar-refractivity contribution in [2.75, 3.05) is 18.1 Å². The predicted molar refractivity (Wildman–Crippen MR) is 80.1 cm³/mol. The van der Waals surface area contributed by atoms with Crippen LogP contribution in [0.2, 0.25) is 0 Å². The zero-order valence-corrected chi connectivity index (χ0v) is 12.6. The Morgan fingerprint density at radius 1 is 1.48 bits per heavy atom. The molecule has 1 aromatic heterocycles. The third-order valence-corrected chi connectivity index (χ3v) is 5.15. The minimum atomic E-state index is -0.983. The van der Waals surface area contributed by atoms with Crippen molar-refractivity contribution in [3.05, 3.63) is 24.0 Å². The molecule has 1 spiro atoms. The third kappa shape index (κ3) is 3.32. The molecular formula is C15H19NO4S. The van der Waals surface area contributed by atoms with Crippen molar-refractivity contribution in [1.29, 1.82) is 0 Å². The maximum absolute atomic E-state index is 11.2. The topological polar surface area (TPSA) is 68.7 Å². The molecule has 1 atom stereocenters. The summed E-state index contributed by atoms with van der Waals surface area (Å²) in [6.45, 7) is 0.679. The summed E-state index contributed by atoms with van der Waals surface area (Å²) >= 11 is 1.97. The van der Waals surface area contributed by atoms with E-state index in [9.17, 15) is 9.90 Å². The van der Waals surface area contributed by atoms with Gasteiger partial charge in [0.1, 0.15) is 11.7 Å². The molecule has 0 aliphatic carbocycles. The number of carbonyl (C=O) groups is 1. The first-order valence-electron chi connectivity index (χ1n) is 7.24. The highest BCUT2D eigenvalue weighted by Crippen LogP contribution is 2.38. The number of rotatable bonds is 3. The standard InChI is InChI=1S/C15H19NO4S/c17-14(18)12-1-5-16-10-13(12)20-11-2-6-19-15(9-11)3-7-21-8-4-15/h1,5,10-11H,2-4,6-9H2,(H,17,18). The summed E-state index contributed by atoms with van der Waals surface area (Å²) in [5.74, 6) is 1.63. The van der Waals surface area contributed by atoms with Crippen LogP contribution in [0.15, 0.2) is 18.5 Å². The molecule has 114 valence electrons. The lowest BCUT2D eigenvalue weighted by Crippen LogP contribution is -2.46. The van der Waals surface area contributed by atoms with Crippen LogP contribution in [0.4, 0.5) is 0 Å². The Morgan fingerprint density at radius 2 is 2.29 bits per heavy atom. The van der Waals surface area contributed by atoms with Gasteiger partial charge in [0.2, 0.25) is 0 Å². The Labute approximate surface area is 128 Å². The lowest BCUT2D eigenvalue weighted by Gasteiger charge is -2.43. The molecular weight excluding hydrogens is 290 g/mol. The molecule has 0 radical (unpaired) electrons. The minimum absolute atomic E-state index is 0.00384. The van der Waals surface area contributed by atoms with Crippen LogP contribution < -0.4 is 4.74 Å². The average molecular weight is 309 g/mol. The van der Waals surface area contributed by atoms with E-state index in [1.54, 1.807) is 0 Å². The number of aromatic nitrogens is 1. The summed E-state index contributed by atoms with van der Waals surface area (Å²) in [7, 11) is 0. The maximum atomic E-state index is 11.2. The minimum Gasteiger partial charge on any atom is -0.488 e. The first kappa shape index (κ1) is 14.7. The van der Waals surface area contributed by atoms with E-state index in [4.69, 9.17) is 9.47 Å². The number of pyridine rings is 1. The number of nitrogens with zero attached hydrogens (tertiary/aromatic N) is 1. The second kappa shape index (κ2) is 6.23. The quantitative estimate of drug-likeness (QED) is 0.925. The van der Waals surface area contributed by atoms with Crippen LogP contribution >= 0.6 is 11.8 Å². The smallest absolute Gasteiger partial charge is 0.339 e. The van der Waals surface area contributed by atoms with Gasteiger partial charge in [0, 0.05) is 19.0 Å². The van der Waals surface area contributed by atoms with E-state index in [-0.39, 0.29) is 17.3 Å². The normalized spacial score (nSPS) is 24.7. The van der Waals surface area contributed by atoms with Crippen LogP contribution in [0.1, 0.15) is 36.0 Å². The van der Waals surface area contributed by atoms with Gasteiger partial charge in [0.15, 0.2) is 5.75 Å². The second-order valence-electron chi connectivity index (χ2n) is 5.55. The molecule has 3 rings (SSSR count). The molecule has 6 heteroatoms. The van der Waals surface area contributed by atoms with E-state index in [0.29, 0.717) is 12.4 Å². The Hall–Kier alpha value is -1.27. The van der Waals surface area contributed by atoms with E-state index in [1.165, 1.54) is 18.5 Å². The highest BCUT2D eigenvalue weighted by Gasteiger charge is 2.39. The molecule has 0 aromatic carbocycles. The number of aromatic carboxylic acids is 1. The average Bonchev–Trinajstić information content (AvgIpc) is 2.48. The van der Waals surface area contributed by atoms with Gasteiger partial charge < -0.3 is 14.6 Å². The van der Waals surface area contributed by atoms with Gasteiger partial charge in [-0.15, -0.1) is 0 Å². The number of carboxylic acid groups (broad SMARTS) is 1. The predicted octanol–water partition coefficient (Wildman–Crippen LogP) is 2.60. The van der Waals surface area contributed by atoms with Crippen LogP contribution in [-0.4, -0.2) is 45.9 Å². The SMILES string of the molecule is O=C(O)c1ccncc1OC1CCOC2(CCSCC2)C1. The Balaban J connectivity index is 1.71. The number of carboxylic acids is 1. The van der Waals surface area contributed by atoms with Crippen molar-refractivity contribution in [1.82, 2.24) is 4.98 Å². The molecule has 2 saturated heterocycles. The lowest BCUT2D eigenvalue weighted by atomic mass is 9.86. The van der Waals surface area contributed by atoms with Gasteiger partial charge in [-0.3, -0.25) is 4.98 Å². The van der Waals surface area contributed by atoms with Crippen LogP contribution in [-0.2, 0) is 4.74 Å². The summed E-state index contributed by atoms with van der Waals surface area (Å²) in [6, 6.07) is 1.48. The molecule has 5 nitrogen and oxygen atoms in total. The van der Waals surface area contributed by atoms with Crippen molar-refractivity contribution >= 4 is 17.7 Å². The molecule has 3 heterocycles. The highest BCUT2D eigenvalue weighted by molar-refractivity contribution is 7.99. The van der Waals surface area contributed by atoms with Crippen LogP contribution in [0.25, 0.3) is 0 Å². The van der Waals surface area contributed by atoms with Gasteiger partial charge in [-0.1, -0.05) is 0 Å². The first-order valence-corrected chi connectivity index (χ1v) is 8.40. The molecule has 2 aliphatic rings. The van der Waals surface area contributed by atoms with Crippen molar-refractivity contribution in [3.63, 3.8) is 0 Å². The van der Waals surface area contributed by atoms with E-state index in [0.717, 1.165) is 37.2 Å². The summed E-state index contributed by atoms with van der Waals surface area (Å²) in [6.07, 6.45) is 6.70. The fraction of sp³-hybridized carbons (Fsp3) is 0.600. The fourth-order valence-electron chi connectivity index (χ4n) is 3.01. The molecule has 0 bridgehead atoms. The Bertz CT molecular complexity index is 511. The van der Waals surface area contributed by atoms with E-state index in [2.05, 4.69) is 4.98 Å². The van der Waals surface area contributed by atoms with Gasteiger partial charge in [-0.05, 0) is 30.4 Å². The van der Waals surface area contributed by atoms with E-state index in [1.807, 2.05) is 11.8 Å². The molecule has 1 aromatic rings. The molecule has 1 N–H and O–H groups in total. The van der Waals surface area contributed by atoms with E-state index >= 15 is 0 Å². The molecule has 0 saturated carbocycles. The molecule has 2 aliphatic heterocycles. The molecule has 0 amide bonds. The summed E-state index contributed by atoms with van der Waals surface area (Å²) in [5, 5.41) is 9.20. The summed E-state index contributed by atoms with van der Waals surface area (Å²) < 4.78 is 12.0. The van der Waals surface area contributed by atoms with Gasteiger partial charge in [0.25, 0.3) is 0 Å². The van der Waals surface area contributed by atoms with Gasteiger partial charge >= 0.3 is 5.97 Å². The third-order valence-electron chi connectivity index (χ3n) is 4.16. The van der Waals surface area contributed by atoms with Crippen molar-refractivity contribution in [3.8, 4) is 5.75 Å². The largest absolute Gasteiger partial charge is 0.488 e. The second-order valence-corrected chi connectivity index (χ2v) is 6.78. The van der Waals surface area contributed by atoms with Crippen molar-refractivity contribution in [2.24, 2.45) is 0 Å². The lowest BCUT2D eigenvalue weighted by molar-refractivity contribution is -0.116. The fourth-order valence-corrected chi connectivity index (χ4v) is 4.24. The monoisotopic (exact) mass is 309 g/mol. The highest BCUT2D eigenvalue weighted by atomic mass is 32.2.